The molecule has 2 aromatic carbocycles. The summed E-state index contributed by atoms with van der Waals surface area (Å²) in [7, 11) is 3.52. The van der Waals surface area contributed by atoms with Crippen molar-refractivity contribution in [2.24, 2.45) is 0 Å². The quantitative estimate of drug-likeness (QED) is 0.338. The average Bonchev–Trinajstić information content (AvgIpc) is 3.05. The van der Waals surface area contributed by atoms with Crippen LogP contribution in [0.2, 0.25) is 0 Å². The maximum absolute atomic E-state index is 13.4. The SMILES string of the molecule is COC(=O)C(C(=O)OC)=C1C(=O)c2ccccc2N1C(=O)c1ccccc1OC. The van der Waals surface area contributed by atoms with Crippen molar-refractivity contribution in [3.05, 3.63) is 70.9 Å². The number of hydrogen-bond acceptors (Lipinski definition) is 7. The molecule has 0 saturated carbocycles. The number of rotatable bonds is 4. The van der Waals surface area contributed by atoms with Crippen LogP contribution in [0.3, 0.4) is 0 Å². The van der Waals surface area contributed by atoms with E-state index in [1.165, 1.54) is 19.2 Å². The van der Waals surface area contributed by atoms with Gasteiger partial charge in [0.25, 0.3) is 5.91 Å². The Hall–Kier alpha value is -3.94. The number of allylic oxidation sites excluding steroid dienone is 1. The zero-order chi connectivity index (χ0) is 21.1. The van der Waals surface area contributed by atoms with Gasteiger partial charge in [0, 0.05) is 5.56 Å². The number of hydrogen-bond donors (Lipinski definition) is 0. The lowest BCUT2D eigenvalue weighted by molar-refractivity contribution is -0.144. The fourth-order valence-corrected chi connectivity index (χ4v) is 3.07. The fourth-order valence-electron chi connectivity index (χ4n) is 3.07. The lowest BCUT2D eigenvalue weighted by atomic mass is 10.1. The summed E-state index contributed by atoms with van der Waals surface area (Å²) in [5, 5.41) is 0. The highest BCUT2D eigenvalue weighted by Gasteiger charge is 2.43. The number of methoxy groups -OCH3 is 3. The molecule has 1 heterocycles. The molecule has 29 heavy (non-hydrogen) atoms. The van der Waals surface area contributed by atoms with E-state index in [0.29, 0.717) is 0 Å². The van der Waals surface area contributed by atoms with E-state index in [1.807, 2.05) is 0 Å². The molecule has 8 nitrogen and oxygen atoms in total. The Kier molecular flexibility index (Phi) is 5.45. The third kappa shape index (κ3) is 3.25. The summed E-state index contributed by atoms with van der Waals surface area (Å²) in [6.45, 7) is 0. The topological polar surface area (TPSA) is 99.2 Å². The van der Waals surface area contributed by atoms with Crippen LogP contribution in [-0.4, -0.2) is 45.0 Å². The summed E-state index contributed by atoms with van der Waals surface area (Å²) in [5.41, 5.74) is -0.559. The van der Waals surface area contributed by atoms with Gasteiger partial charge in [-0.05, 0) is 24.3 Å². The van der Waals surface area contributed by atoms with Gasteiger partial charge in [-0.3, -0.25) is 14.5 Å². The molecular weight excluding hydrogens is 378 g/mol. The Morgan fingerprint density at radius 2 is 1.41 bits per heavy atom. The van der Waals surface area contributed by atoms with E-state index >= 15 is 0 Å². The number of fused-ring (bicyclic) bond motifs is 1. The van der Waals surface area contributed by atoms with Crippen molar-refractivity contribution in [2.45, 2.75) is 0 Å². The molecule has 0 N–H and O–H groups in total. The number of anilines is 1. The molecule has 0 radical (unpaired) electrons. The maximum atomic E-state index is 13.4. The minimum absolute atomic E-state index is 0.145. The van der Waals surface area contributed by atoms with Crippen molar-refractivity contribution >= 4 is 29.3 Å². The number of nitrogens with zero attached hydrogens (tertiary/aromatic N) is 1. The Morgan fingerprint density at radius 1 is 0.828 bits per heavy atom. The standard InChI is InChI=1S/C21H17NO7/c1-27-15-11-7-5-9-13(15)19(24)22-14-10-6-4-8-12(14)18(23)17(22)16(20(25)28-2)21(26)29-3/h4-11H,1-3H3. The molecule has 0 saturated heterocycles. The molecule has 0 bridgehead atoms. The zero-order valence-corrected chi connectivity index (χ0v) is 15.9. The van der Waals surface area contributed by atoms with Crippen molar-refractivity contribution in [2.75, 3.05) is 26.2 Å². The fraction of sp³-hybridized carbons (Fsp3) is 0.143. The number of Topliss-reactive ketones (excluding diaryl/α,β-unsaturated/α-hetero) is 1. The molecule has 148 valence electrons. The number of ketones is 1. The molecule has 0 aromatic heterocycles. The zero-order valence-electron chi connectivity index (χ0n) is 15.9. The predicted molar refractivity (Wildman–Crippen MR) is 102 cm³/mol. The van der Waals surface area contributed by atoms with Gasteiger partial charge in [0.2, 0.25) is 5.78 Å². The van der Waals surface area contributed by atoms with Crippen LogP contribution in [0.1, 0.15) is 20.7 Å². The van der Waals surface area contributed by atoms with Crippen molar-refractivity contribution < 1.29 is 33.4 Å². The van der Waals surface area contributed by atoms with Gasteiger partial charge in [0.05, 0.1) is 32.6 Å². The number of ether oxygens (including phenoxy) is 3. The summed E-state index contributed by atoms with van der Waals surface area (Å²) in [5.74, 6) is -3.24. The van der Waals surface area contributed by atoms with E-state index in [2.05, 4.69) is 9.47 Å². The van der Waals surface area contributed by atoms with Crippen LogP contribution in [0.15, 0.2) is 59.8 Å². The van der Waals surface area contributed by atoms with Crippen LogP contribution in [0, 0.1) is 0 Å². The first-order valence-electron chi connectivity index (χ1n) is 8.48. The lowest BCUT2D eigenvalue weighted by Crippen LogP contribution is -2.33. The summed E-state index contributed by atoms with van der Waals surface area (Å²) in [6, 6.07) is 12.7. The van der Waals surface area contributed by atoms with Crippen molar-refractivity contribution in [3.63, 3.8) is 0 Å². The lowest BCUT2D eigenvalue weighted by Gasteiger charge is -2.21. The van der Waals surface area contributed by atoms with Crippen molar-refractivity contribution in [1.29, 1.82) is 0 Å². The molecule has 3 rings (SSSR count). The minimum Gasteiger partial charge on any atom is -0.496 e. The van der Waals surface area contributed by atoms with Gasteiger partial charge in [0.15, 0.2) is 5.57 Å². The number of benzene rings is 2. The summed E-state index contributed by atoms with van der Waals surface area (Å²) in [4.78, 5) is 52.2. The molecular formula is C21H17NO7. The van der Waals surface area contributed by atoms with Gasteiger partial charge in [-0.25, -0.2) is 9.59 Å². The minimum atomic E-state index is -1.09. The number of amides is 1. The van der Waals surface area contributed by atoms with Crippen molar-refractivity contribution in [1.82, 2.24) is 0 Å². The van der Waals surface area contributed by atoms with Crippen LogP contribution in [0.4, 0.5) is 5.69 Å². The van der Waals surface area contributed by atoms with Crippen LogP contribution in [0.5, 0.6) is 5.75 Å². The number of carbonyl (C=O) groups is 4. The summed E-state index contributed by atoms with van der Waals surface area (Å²) < 4.78 is 14.6. The molecule has 1 amide bonds. The molecule has 2 aromatic rings. The third-order valence-corrected chi connectivity index (χ3v) is 4.38. The third-order valence-electron chi connectivity index (χ3n) is 4.38. The molecule has 0 aliphatic carbocycles. The average molecular weight is 395 g/mol. The Bertz CT molecular complexity index is 1040. The van der Waals surface area contributed by atoms with E-state index in [4.69, 9.17) is 4.74 Å². The number of carbonyl (C=O) groups excluding carboxylic acids is 4. The first-order valence-corrected chi connectivity index (χ1v) is 8.48. The van der Waals surface area contributed by atoms with Gasteiger partial charge >= 0.3 is 11.9 Å². The molecule has 0 fully saturated rings. The van der Waals surface area contributed by atoms with E-state index in [0.717, 1.165) is 19.1 Å². The molecule has 0 spiro atoms. The van der Waals surface area contributed by atoms with Crippen LogP contribution >= 0.6 is 0 Å². The van der Waals surface area contributed by atoms with Gasteiger partial charge in [-0.2, -0.15) is 0 Å². The van der Waals surface area contributed by atoms with E-state index in [-0.39, 0.29) is 22.6 Å². The first-order chi connectivity index (χ1) is 14.0. The van der Waals surface area contributed by atoms with Crippen LogP contribution < -0.4 is 9.64 Å². The monoisotopic (exact) mass is 395 g/mol. The molecule has 0 atom stereocenters. The number of para-hydroxylation sites is 2. The Morgan fingerprint density at radius 3 is 2.03 bits per heavy atom. The van der Waals surface area contributed by atoms with Crippen LogP contribution in [-0.2, 0) is 19.1 Å². The normalized spacial score (nSPS) is 12.3. The van der Waals surface area contributed by atoms with Gasteiger partial charge in [-0.1, -0.05) is 24.3 Å². The summed E-state index contributed by atoms with van der Waals surface area (Å²) >= 11 is 0. The molecule has 0 unspecified atom stereocenters. The number of esters is 2. The molecule has 1 aliphatic heterocycles. The second-order valence-electron chi connectivity index (χ2n) is 5.89. The highest BCUT2D eigenvalue weighted by atomic mass is 16.5. The molecule has 8 heteroatoms. The Labute approximate surface area is 166 Å². The largest absolute Gasteiger partial charge is 0.496 e. The smallest absolute Gasteiger partial charge is 0.347 e. The predicted octanol–water partition coefficient (Wildman–Crippen LogP) is 2.14. The molecule has 1 aliphatic rings. The summed E-state index contributed by atoms with van der Waals surface area (Å²) in [6.07, 6.45) is 0. The van der Waals surface area contributed by atoms with E-state index < -0.39 is 34.9 Å². The second-order valence-corrected chi connectivity index (χ2v) is 5.89. The van der Waals surface area contributed by atoms with E-state index in [9.17, 15) is 19.2 Å². The second kappa shape index (κ2) is 7.97. The van der Waals surface area contributed by atoms with Gasteiger partial charge < -0.3 is 14.2 Å². The maximum Gasteiger partial charge on any atom is 0.347 e. The first kappa shape index (κ1) is 19.8. The highest BCUT2D eigenvalue weighted by molar-refractivity contribution is 6.33. The van der Waals surface area contributed by atoms with Gasteiger partial charge in [-0.15, -0.1) is 0 Å². The van der Waals surface area contributed by atoms with Crippen molar-refractivity contribution in [3.8, 4) is 5.75 Å². The van der Waals surface area contributed by atoms with E-state index in [1.54, 1.807) is 36.4 Å². The van der Waals surface area contributed by atoms with Crippen LogP contribution in [0.25, 0.3) is 0 Å². The highest BCUT2D eigenvalue weighted by Crippen LogP contribution is 2.38. The Balaban J connectivity index is 2.31. The van der Waals surface area contributed by atoms with Gasteiger partial charge in [0.1, 0.15) is 11.4 Å².